The molecule has 1 atom stereocenters. The molecule has 0 radical (unpaired) electrons. The first-order chi connectivity index (χ1) is 15.0. The second-order valence-electron chi connectivity index (χ2n) is 6.80. The van der Waals surface area contributed by atoms with E-state index in [1.165, 1.54) is 6.92 Å². The van der Waals surface area contributed by atoms with E-state index in [2.05, 4.69) is 25.9 Å². The molecule has 8 heteroatoms. The number of nitrogens with zero attached hydrogens (tertiary/aromatic N) is 2. The second-order valence-corrected chi connectivity index (χ2v) is 6.80. The summed E-state index contributed by atoms with van der Waals surface area (Å²) in [7, 11) is 1.58. The summed E-state index contributed by atoms with van der Waals surface area (Å²) >= 11 is 0. The Balaban J connectivity index is 1.57. The maximum Gasteiger partial charge on any atom is 0.251 e. The maximum absolute atomic E-state index is 12.1. The van der Waals surface area contributed by atoms with Crippen LogP contribution in [0, 0.1) is 0 Å². The number of hydrogen-bond donors (Lipinski definition) is 3. The summed E-state index contributed by atoms with van der Waals surface area (Å²) in [6.07, 6.45) is 1.83. The minimum absolute atomic E-state index is 0.119. The Hall–Kier alpha value is -3.78. The Labute approximate surface area is 181 Å². The van der Waals surface area contributed by atoms with Crippen molar-refractivity contribution in [3.05, 3.63) is 72.4 Å². The number of aromatic nitrogens is 2. The summed E-state index contributed by atoms with van der Waals surface area (Å²) in [5.74, 6) is 0.174. The van der Waals surface area contributed by atoms with E-state index in [-0.39, 0.29) is 18.0 Å². The predicted octanol–water partition coefficient (Wildman–Crippen LogP) is 3.31. The summed E-state index contributed by atoms with van der Waals surface area (Å²) < 4.78 is 5.46. The van der Waals surface area contributed by atoms with Crippen LogP contribution in [0.5, 0.6) is 0 Å². The number of rotatable bonds is 9. The van der Waals surface area contributed by atoms with Gasteiger partial charge in [0.15, 0.2) is 0 Å². The SMILES string of the molecule is COC(CCNC(=O)c1ccccc1)Nc1nccc(-c2ccc(NC(C)=O)cc2)n1. The Morgan fingerprint density at radius 2 is 1.77 bits per heavy atom. The van der Waals surface area contributed by atoms with Gasteiger partial charge >= 0.3 is 0 Å². The summed E-state index contributed by atoms with van der Waals surface area (Å²) in [5.41, 5.74) is 2.97. The van der Waals surface area contributed by atoms with E-state index in [4.69, 9.17) is 4.74 Å². The van der Waals surface area contributed by atoms with E-state index in [9.17, 15) is 9.59 Å². The average molecular weight is 419 g/mol. The van der Waals surface area contributed by atoms with Crippen LogP contribution in [0.25, 0.3) is 11.3 Å². The fraction of sp³-hybridized carbons (Fsp3) is 0.217. The van der Waals surface area contributed by atoms with Gasteiger partial charge in [-0.25, -0.2) is 9.97 Å². The molecule has 31 heavy (non-hydrogen) atoms. The number of hydrogen-bond acceptors (Lipinski definition) is 6. The summed E-state index contributed by atoms with van der Waals surface area (Å²) in [5, 5.41) is 8.75. The average Bonchev–Trinajstić information content (AvgIpc) is 2.79. The third kappa shape index (κ3) is 6.61. The molecule has 3 N–H and O–H groups in total. The van der Waals surface area contributed by atoms with Crippen molar-refractivity contribution in [2.24, 2.45) is 0 Å². The molecule has 160 valence electrons. The first-order valence-electron chi connectivity index (χ1n) is 9.89. The zero-order chi connectivity index (χ0) is 22.1. The van der Waals surface area contributed by atoms with Crippen LogP contribution in [-0.2, 0) is 9.53 Å². The minimum atomic E-state index is -0.367. The molecule has 0 bridgehead atoms. The molecular formula is C23H25N5O3. The quantitative estimate of drug-likeness (QED) is 0.460. The molecule has 3 aromatic rings. The van der Waals surface area contributed by atoms with Crippen LogP contribution in [0.2, 0.25) is 0 Å². The molecule has 0 aliphatic carbocycles. The molecule has 0 saturated carbocycles. The fourth-order valence-electron chi connectivity index (χ4n) is 2.92. The minimum Gasteiger partial charge on any atom is -0.362 e. The zero-order valence-electron chi connectivity index (χ0n) is 17.5. The van der Waals surface area contributed by atoms with Crippen LogP contribution in [0.3, 0.4) is 0 Å². The van der Waals surface area contributed by atoms with Gasteiger partial charge in [-0.3, -0.25) is 9.59 Å². The molecule has 1 aromatic heterocycles. The topological polar surface area (TPSA) is 105 Å². The van der Waals surface area contributed by atoms with Crippen molar-refractivity contribution in [2.45, 2.75) is 19.6 Å². The molecule has 0 fully saturated rings. The normalized spacial score (nSPS) is 11.4. The predicted molar refractivity (Wildman–Crippen MR) is 120 cm³/mol. The molecule has 1 heterocycles. The number of nitrogens with one attached hydrogen (secondary N) is 3. The molecule has 0 saturated heterocycles. The first-order valence-corrected chi connectivity index (χ1v) is 9.89. The molecule has 3 rings (SSSR count). The van der Waals surface area contributed by atoms with E-state index in [1.54, 1.807) is 31.5 Å². The Morgan fingerprint density at radius 1 is 1.03 bits per heavy atom. The van der Waals surface area contributed by atoms with Crippen LogP contribution < -0.4 is 16.0 Å². The van der Waals surface area contributed by atoms with Crippen LogP contribution in [0.15, 0.2) is 66.9 Å². The van der Waals surface area contributed by atoms with Gasteiger partial charge in [0.1, 0.15) is 6.23 Å². The van der Waals surface area contributed by atoms with E-state index >= 15 is 0 Å². The number of methoxy groups -OCH3 is 1. The van der Waals surface area contributed by atoms with Gasteiger partial charge in [-0.2, -0.15) is 0 Å². The highest BCUT2D eigenvalue weighted by Crippen LogP contribution is 2.20. The highest BCUT2D eigenvalue weighted by Gasteiger charge is 2.11. The third-order valence-electron chi connectivity index (χ3n) is 4.46. The van der Waals surface area contributed by atoms with Crippen molar-refractivity contribution in [1.29, 1.82) is 0 Å². The molecule has 1 unspecified atom stereocenters. The van der Waals surface area contributed by atoms with Crippen LogP contribution in [0.1, 0.15) is 23.7 Å². The standard InChI is InChI=1S/C23H25N5O3/c1-16(29)26-19-10-8-17(9-11-19)20-12-14-25-23(27-20)28-21(31-2)13-15-24-22(30)18-6-4-3-5-7-18/h3-12,14,21H,13,15H2,1-2H3,(H,24,30)(H,26,29)(H,25,27,28). The molecule has 0 aliphatic rings. The first kappa shape index (κ1) is 21.9. The number of carbonyl (C=O) groups excluding carboxylic acids is 2. The lowest BCUT2D eigenvalue weighted by molar-refractivity contribution is -0.114. The van der Waals surface area contributed by atoms with Crippen molar-refractivity contribution >= 4 is 23.5 Å². The molecule has 2 amide bonds. The Kier molecular flexibility index (Phi) is 7.67. The monoisotopic (exact) mass is 419 g/mol. The van der Waals surface area contributed by atoms with Gasteiger partial charge in [0.05, 0.1) is 5.69 Å². The fourth-order valence-corrected chi connectivity index (χ4v) is 2.92. The van der Waals surface area contributed by atoms with Gasteiger partial charge in [0.2, 0.25) is 11.9 Å². The molecule has 0 aliphatic heterocycles. The second kappa shape index (κ2) is 10.8. The van der Waals surface area contributed by atoms with Gasteiger partial charge in [0.25, 0.3) is 5.91 Å². The summed E-state index contributed by atoms with van der Waals surface area (Å²) in [6, 6.07) is 18.3. The zero-order valence-corrected chi connectivity index (χ0v) is 17.5. The number of amides is 2. The lowest BCUT2D eigenvalue weighted by Crippen LogP contribution is -2.31. The largest absolute Gasteiger partial charge is 0.362 e. The number of carbonyl (C=O) groups is 2. The van der Waals surface area contributed by atoms with Crippen molar-refractivity contribution in [3.63, 3.8) is 0 Å². The van der Waals surface area contributed by atoms with Crippen molar-refractivity contribution in [1.82, 2.24) is 15.3 Å². The highest BCUT2D eigenvalue weighted by molar-refractivity contribution is 5.94. The number of ether oxygens (including phenoxy) is 1. The van der Waals surface area contributed by atoms with E-state index in [0.29, 0.717) is 24.5 Å². The maximum atomic E-state index is 12.1. The lowest BCUT2D eigenvalue weighted by Gasteiger charge is -2.17. The highest BCUT2D eigenvalue weighted by atomic mass is 16.5. The number of anilines is 2. The van der Waals surface area contributed by atoms with Crippen LogP contribution in [0.4, 0.5) is 11.6 Å². The van der Waals surface area contributed by atoms with E-state index < -0.39 is 0 Å². The van der Waals surface area contributed by atoms with Crippen molar-refractivity contribution in [3.8, 4) is 11.3 Å². The van der Waals surface area contributed by atoms with Gasteiger partial charge < -0.3 is 20.7 Å². The summed E-state index contributed by atoms with van der Waals surface area (Å²) in [6.45, 7) is 1.90. The number of benzene rings is 2. The van der Waals surface area contributed by atoms with E-state index in [0.717, 1.165) is 16.9 Å². The van der Waals surface area contributed by atoms with Crippen LogP contribution in [-0.4, -0.2) is 41.7 Å². The van der Waals surface area contributed by atoms with Crippen molar-refractivity contribution in [2.75, 3.05) is 24.3 Å². The van der Waals surface area contributed by atoms with Crippen LogP contribution >= 0.6 is 0 Å². The molecule has 8 nitrogen and oxygen atoms in total. The van der Waals surface area contributed by atoms with Crippen molar-refractivity contribution < 1.29 is 14.3 Å². The third-order valence-corrected chi connectivity index (χ3v) is 4.46. The Bertz CT molecular complexity index is 1010. The van der Waals surface area contributed by atoms with E-state index in [1.807, 2.05) is 42.5 Å². The smallest absolute Gasteiger partial charge is 0.251 e. The molecular weight excluding hydrogens is 394 g/mol. The van der Waals surface area contributed by atoms with Gasteiger partial charge in [0, 0.05) is 50.0 Å². The molecule has 2 aromatic carbocycles. The lowest BCUT2D eigenvalue weighted by atomic mass is 10.1. The summed E-state index contributed by atoms with van der Waals surface area (Å²) in [4.78, 5) is 32.1. The van der Waals surface area contributed by atoms with Gasteiger partial charge in [-0.15, -0.1) is 0 Å². The molecule has 0 spiro atoms. The Morgan fingerprint density at radius 3 is 2.45 bits per heavy atom. The van der Waals surface area contributed by atoms with Gasteiger partial charge in [-0.1, -0.05) is 30.3 Å². The van der Waals surface area contributed by atoms with Gasteiger partial charge in [-0.05, 0) is 30.3 Å².